The van der Waals surface area contributed by atoms with Crippen LogP contribution in [0.15, 0.2) is 12.3 Å². The molecule has 0 saturated heterocycles. The molecular formula is C14H21N3O2. The van der Waals surface area contributed by atoms with Crippen molar-refractivity contribution in [1.29, 1.82) is 0 Å². The van der Waals surface area contributed by atoms with Gasteiger partial charge in [-0.2, -0.15) is 0 Å². The van der Waals surface area contributed by atoms with Crippen molar-refractivity contribution in [2.45, 2.75) is 39.5 Å². The fourth-order valence-corrected chi connectivity index (χ4v) is 2.62. The van der Waals surface area contributed by atoms with Crippen molar-refractivity contribution in [2.75, 3.05) is 11.9 Å². The van der Waals surface area contributed by atoms with Crippen molar-refractivity contribution < 1.29 is 4.92 Å². The molecule has 2 rings (SSSR count). The summed E-state index contributed by atoms with van der Waals surface area (Å²) in [7, 11) is 0. The molecular weight excluding hydrogens is 242 g/mol. The standard InChI is InChI=1S/C14H21N3O2/c1-10-3-5-12(6-4-10)8-15-14-11(2)7-13(9-16-14)17(18)19/h7,9-10,12H,3-6,8H2,1-2H3,(H,15,16). The van der Waals surface area contributed by atoms with Crippen LogP contribution in [0.25, 0.3) is 0 Å². The summed E-state index contributed by atoms with van der Waals surface area (Å²) in [4.78, 5) is 14.4. The first-order valence-corrected chi connectivity index (χ1v) is 6.91. The fraction of sp³-hybridized carbons (Fsp3) is 0.643. The molecule has 0 radical (unpaired) electrons. The summed E-state index contributed by atoms with van der Waals surface area (Å²) in [5.74, 6) is 2.33. The van der Waals surface area contributed by atoms with Crippen LogP contribution in [0.5, 0.6) is 0 Å². The van der Waals surface area contributed by atoms with Crippen LogP contribution in [-0.4, -0.2) is 16.5 Å². The lowest BCUT2D eigenvalue weighted by molar-refractivity contribution is -0.385. The molecule has 19 heavy (non-hydrogen) atoms. The van der Waals surface area contributed by atoms with Crippen LogP contribution in [0.2, 0.25) is 0 Å². The van der Waals surface area contributed by atoms with E-state index < -0.39 is 4.92 Å². The molecule has 1 aliphatic carbocycles. The van der Waals surface area contributed by atoms with Gasteiger partial charge in [-0.1, -0.05) is 19.8 Å². The minimum atomic E-state index is -0.410. The fourth-order valence-electron chi connectivity index (χ4n) is 2.62. The number of nitrogens with one attached hydrogen (secondary N) is 1. The molecule has 0 aliphatic heterocycles. The minimum absolute atomic E-state index is 0.0505. The lowest BCUT2D eigenvalue weighted by Gasteiger charge is -2.26. The predicted molar refractivity (Wildman–Crippen MR) is 75.2 cm³/mol. The van der Waals surface area contributed by atoms with Gasteiger partial charge in [0.05, 0.1) is 4.92 Å². The van der Waals surface area contributed by atoms with E-state index in [-0.39, 0.29) is 5.69 Å². The highest BCUT2D eigenvalue weighted by Crippen LogP contribution is 2.28. The highest BCUT2D eigenvalue weighted by atomic mass is 16.6. The van der Waals surface area contributed by atoms with Crippen molar-refractivity contribution >= 4 is 11.5 Å². The third-order valence-corrected chi connectivity index (χ3v) is 3.97. The highest BCUT2D eigenvalue weighted by molar-refractivity contribution is 5.48. The number of anilines is 1. The van der Waals surface area contributed by atoms with Crippen LogP contribution in [0, 0.1) is 28.9 Å². The zero-order valence-corrected chi connectivity index (χ0v) is 11.6. The molecule has 0 bridgehead atoms. The van der Waals surface area contributed by atoms with E-state index in [0.717, 1.165) is 23.8 Å². The SMILES string of the molecule is Cc1cc([N+](=O)[O-])cnc1NCC1CCC(C)CC1. The second-order valence-electron chi connectivity index (χ2n) is 5.62. The quantitative estimate of drug-likeness (QED) is 0.666. The smallest absolute Gasteiger partial charge is 0.287 e. The molecule has 0 unspecified atom stereocenters. The van der Waals surface area contributed by atoms with Crippen molar-refractivity contribution in [1.82, 2.24) is 4.98 Å². The molecule has 1 aliphatic rings. The number of nitro groups is 1. The van der Waals surface area contributed by atoms with Gasteiger partial charge in [0, 0.05) is 12.6 Å². The molecule has 104 valence electrons. The predicted octanol–water partition coefficient (Wildman–Crippen LogP) is 3.54. The molecule has 1 fully saturated rings. The van der Waals surface area contributed by atoms with E-state index in [1.165, 1.54) is 31.9 Å². The maximum Gasteiger partial charge on any atom is 0.287 e. The zero-order chi connectivity index (χ0) is 13.8. The molecule has 1 aromatic heterocycles. The largest absolute Gasteiger partial charge is 0.370 e. The van der Waals surface area contributed by atoms with Crippen LogP contribution in [0.3, 0.4) is 0 Å². The average molecular weight is 263 g/mol. The van der Waals surface area contributed by atoms with Gasteiger partial charge < -0.3 is 5.32 Å². The maximum absolute atomic E-state index is 10.6. The average Bonchev–Trinajstić information content (AvgIpc) is 2.39. The Morgan fingerprint density at radius 1 is 1.42 bits per heavy atom. The third-order valence-electron chi connectivity index (χ3n) is 3.97. The molecule has 0 atom stereocenters. The molecule has 1 saturated carbocycles. The van der Waals surface area contributed by atoms with E-state index in [1.807, 2.05) is 6.92 Å². The first-order valence-electron chi connectivity index (χ1n) is 6.91. The van der Waals surface area contributed by atoms with Crippen LogP contribution >= 0.6 is 0 Å². The van der Waals surface area contributed by atoms with E-state index >= 15 is 0 Å². The Balaban J connectivity index is 1.91. The first-order chi connectivity index (χ1) is 9.06. The van der Waals surface area contributed by atoms with Gasteiger partial charge in [-0.05, 0) is 37.2 Å². The Kier molecular flexibility index (Phi) is 4.35. The molecule has 1 N–H and O–H groups in total. The Labute approximate surface area is 113 Å². The summed E-state index contributed by atoms with van der Waals surface area (Å²) in [5.41, 5.74) is 0.882. The zero-order valence-electron chi connectivity index (χ0n) is 11.6. The third kappa shape index (κ3) is 3.66. The normalized spacial score (nSPS) is 23.1. The molecule has 5 nitrogen and oxygen atoms in total. The number of nitrogens with zero attached hydrogens (tertiary/aromatic N) is 2. The van der Waals surface area contributed by atoms with E-state index in [1.54, 1.807) is 6.07 Å². The maximum atomic E-state index is 10.6. The molecule has 0 spiro atoms. The number of rotatable bonds is 4. The van der Waals surface area contributed by atoms with Gasteiger partial charge in [-0.15, -0.1) is 0 Å². The van der Waals surface area contributed by atoms with Crippen LogP contribution in [0.4, 0.5) is 11.5 Å². The van der Waals surface area contributed by atoms with E-state index in [0.29, 0.717) is 5.92 Å². The molecule has 1 aromatic rings. The summed E-state index contributed by atoms with van der Waals surface area (Å²) < 4.78 is 0. The topological polar surface area (TPSA) is 68.1 Å². The Hall–Kier alpha value is -1.65. The van der Waals surface area contributed by atoms with Gasteiger partial charge in [-0.25, -0.2) is 4.98 Å². The number of hydrogen-bond donors (Lipinski definition) is 1. The van der Waals surface area contributed by atoms with Gasteiger partial charge in [0.15, 0.2) is 0 Å². The lowest BCUT2D eigenvalue weighted by atomic mass is 9.83. The summed E-state index contributed by atoms with van der Waals surface area (Å²) in [6, 6.07) is 1.57. The summed E-state index contributed by atoms with van der Waals surface area (Å²) in [6.45, 7) is 5.08. The summed E-state index contributed by atoms with van der Waals surface area (Å²) in [5, 5.41) is 14.0. The number of hydrogen-bond acceptors (Lipinski definition) is 4. The highest BCUT2D eigenvalue weighted by Gasteiger charge is 2.18. The van der Waals surface area contributed by atoms with Crippen molar-refractivity contribution in [2.24, 2.45) is 11.8 Å². The molecule has 1 heterocycles. The number of aromatic nitrogens is 1. The van der Waals surface area contributed by atoms with Crippen LogP contribution < -0.4 is 5.32 Å². The number of aryl methyl sites for hydroxylation is 1. The second-order valence-corrected chi connectivity index (χ2v) is 5.62. The Morgan fingerprint density at radius 3 is 2.68 bits per heavy atom. The number of pyridine rings is 1. The molecule has 0 aromatic carbocycles. The summed E-state index contributed by atoms with van der Waals surface area (Å²) in [6.07, 6.45) is 6.46. The molecule has 0 amide bonds. The lowest BCUT2D eigenvalue weighted by Crippen LogP contribution is -2.20. The summed E-state index contributed by atoms with van der Waals surface area (Å²) >= 11 is 0. The van der Waals surface area contributed by atoms with Gasteiger partial charge in [0.1, 0.15) is 12.0 Å². The minimum Gasteiger partial charge on any atom is -0.370 e. The van der Waals surface area contributed by atoms with Gasteiger partial charge in [-0.3, -0.25) is 10.1 Å². The Morgan fingerprint density at radius 2 is 2.11 bits per heavy atom. The second kappa shape index (κ2) is 5.99. The van der Waals surface area contributed by atoms with E-state index in [9.17, 15) is 10.1 Å². The van der Waals surface area contributed by atoms with E-state index in [4.69, 9.17) is 0 Å². The van der Waals surface area contributed by atoms with Crippen molar-refractivity contribution in [3.05, 3.63) is 27.9 Å². The van der Waals surface area contributed by atoms with Crippen LogP contribution in [0.1, 0.15) is 38.2 Å². The Bertz CT molecular complexity index is 454. The molecule has 5 heteroatoms. The van der Waals surface area contributed by atoms with Gasteiger partial charge in [0.2, 0.25) is 0 Å². The van der Waals surface area contributed by atoms with Crippen molar-refractivity contribution in [3.8, 4) is 0 Å². The van der Waals surface area contributed by atoms with Crippen molar-refractivity contribution in [3.63, 3.8) is 0 Å². The van der Waals surface area contributed by atoms with E-state index in [2.05, 4.69) is 17.2 Å². The van der Waals surface area contributed by atoms with Gasteiger partial charge in [0.25, 0.3) is 5.69 Å². The monoisotopic (exact) mass is 263 g/mol. The van der Waals surface area contributed by atoms with Crippen LogP contribution in [-0.2, 0) is 0 Å². The van der Waals surface area contributed by atoms with Gasteiger partial charge >= 0.3 is 0 Å². The first kappa shape index (κ1) is 13.8.